The van der Waals surface area contributed by atoms with E-state index in [0.29, 0.717) is 36.2 Å². The summed E-state index contributed by atoms with van der Waals surface area (Å²) in [7, 11) is 0. The van der Waals surface area contributed by atoms with Crippen molar-refractivity contribution in [3.05, 3.63) is 70.1 Å². The van der Waals surface area contributed by atoms with Gasteiger partial charge in [-0.3, -0.25) is 9.69 Å². The second kappa shape index (κ2) is 7.42. The zero-order chi connectivity index (χ0) is 18.8. The molecule has 1 aromatic heterocycles. The monoisotopic (exact) mass is 367 g/mol. The van der Waals surface area contributed by atoms with Gasteiger partial charge in [0.05, 0.1) is 17.8 Å². The van der Waals surface area contributed by atoms with Crippen LogP contribution in [-0.4, -0.2) is 29.4 Å². The number of aliphatic hydroxyl groups excluding tert-OH is 1. The van der Waals surface area contributed by atoms with Crippen molar-refractivity contribution in [2.45, 2.75) is 26.1 Å². The van der Waals surface area contributed by atoms with Gasteiger partial charge in [-0.2, -0.15) is 0 Å². The third-order valence-electron chi connectivity index (χ3n) is 4.51. The summed E-state index contributed by atoms with van der Waals surface area (Å²) in [6.07, 6.45) is 0.991. The van der Waals surface area contributed by atoms with Crippen LogP contribution in [0, 0.1) is 0 Å². The number of hydrogen-bond donors (Lipinski definition) is 1. The summed E-state index contributed by atoms with van der Waals surface area (Å²) in [6, 6.07) is 13.0. The third-order valence-corrected chi connectivity index (χ3v) is 4.51. The summed E-state index contributed by atoms with van der Waals surface area (Å²) in [5.74, 6) is 1.45. The lowest BCUT2D eigenvalue weighted by molar-refractivity contribution is 0.117. The molecular weight excluding hydrogens is 346 g/mol. The molecule has 6 nitrogen and oxygen atoms in total. The Morgan fingerprint density at radius 3 is 2.78 bits per heavy atom. The molecule has 1 atom stereocenters. The third kappa shape index (κ3) is 3.82. The van der Waals surface area contributed by atoms with Crippen LogP contribution in [0.15, 0.2) is 57.9 Å². The fourth-order valence-electron chi connectivity index (χ4n) is 3.32. The molecule has 2 aromatic carbocycles. The van der Waals surface area contributed by atoms with Crippen LogP contribution < -0.4 is 14.9 Å². The van der Waals surface area contributed by atoms with Crippen LogP contribution in [0.3, 0.4) is 0 Å². The second-order valence-corrected chi connectivity index (χ2v) is 6.79. The molecule has 2 heterocycles. The first kappa shape index (κ1) is 17.6. The van der Waals surface area contributed by atoms with Crippen molar-refractivity contribution < 1.29 is 19.0 Å². The van der Waals surface area contributed by atoms with Gasteiger partial charge < -0.3 is 19.0 Å². The van der Waals surface area contributed by atoms with Gasteiger partial charge in [-0.05, 0) is 36.8 Å². The zero-order valence-electron chi connectivity index (χ0n) is 15.1. The van der Waals surface area contributed by atoms with E-state index in [2.05, 4.69) is 0 Å². The van der Waals surface area contributed by atoms with E-state index in [-0.39, 0.29) is 12.2 Å². The van der Waals surface area contributed by atoms with Crippen molar-refractivity contribution in [3.63, 3.8) is 0 Å². The Morgan fingerprint density at radius 2 is 1.93 bits per heavy atom. The van der Waals surface area contributed by atoms with Gasteiger partial charge in [-0.25, -0.2) is 0 Å². The molecule has 0 radical (unpaired) electrons. The van der Waals surface area contributed by atoms with Crippen LogP contribution in [0.4, 0.5) is 0 Å². The van der Waals surface area contributed by atoms with Gasteiger partial charge in [-0.15, -0.1) is 0 Å². The molecule has 27 heavy (non-hydrogen) atoms. The van der Waals surface area contributed by atoms with Crippen molar-refractivity contribution >= 4 is 11.0 Å². The highest BCUT2D eigenvalue weighted by Crippen LogP contribution is 2.32. The fourth-order valence-corrected chi connectivity index (χ4v) is 3.32. The van der Waals surface area contributed by atoms with Crippen LogP contribution in [0.25, 0.3) is 11.0 Å². The molecule has 0 saturated heterocycles. The van der Waals surface area contributed by atoms with Gasteiger partial charge >= 0.3 is 0 Å². The quantitative estimate of drug-likeness (QED) is 0.722. The normalized spacial score (nSPS) is 14.0. The van der Waals surface area contributed by atoms with E-state index in [1.807, 2.05) is 35.2 Å². The van der Waals surface area contributed by atoms with E-state index >= 15 is 0 Å². The minimum absolute atomic E-state index is 0.0434. The van der Waals surface area contributed by atoms with E-state index in [9.17, 15) is 9.90 Å². The molecule has 3 aromatic rings. The molecule has 6 heteroatoms. The lowest BCUT2D eigenvalue weighted by atomic mass is 10.1. The number of ether oxygens (including phenoxy) is 2. The average molecular weight is 367 g/mol. The number of fused-ring (bicyclic) bond motifs is 2. The molecule has 1 aliphatic rings. The number of para-hydroxylation sites is 1. The number of hydrogen-bond acceptors (Lipinski definition) is 6. The number of benzene rings is 2. The molecule has 140 valence electrons. The summed E-state index contributed by atoms with van der Waals surface area (Å²) in [4.78, 5) is 14.8. The minimum Gasteiger partial charge on any atom is -0.464 e. The predicted octanol–water partition coefficient (Wildman–Crippen LogP) is 2.90. The maximum Gasteiger partial charge on any atom is 0.231 e. The van der Waals surface area contributed by atoms with Gasteiger partial charge in [0, 0.05) is 25.2 Å². The summed E-state index contributed by atoms with van der Waals surface area (Å²) in [5.41, 5.74) is 2.11. The summed E-state index contributed by atoms with van der Waals surface area (Å²) < 4.78 is 16.4. The molecule has 0 amide bonds. The first-order valence-corrected chi connectivity index (χ1v) is 8.88. The Balaban J connectivity index is 1.59. The molecule has 4 rings (SSSR count). The van der Waals surface area contributed by atoms with Gasteiger partial charge in [0.25, 0.3) is 0 Å². The average Bonchev–Trinajstić information content (AvgIpc) is 3.11. The Hall–Kier alpha value is -2.83. The van der Waals surface area contributed by atoms with Crippen LogP contribution in [0.5, 0.6) is 11.5 Å². The van der Waals surface area contributed by atoms with E-state index < -0.39 is 6.10 Å². The van der Waals surface area contributed by atoms with E-state index in [1.54, 1.807) is 19.1 Å². The predicted molar refractivity (Wildman–Crippen MR) is 101 cm³/mol. The SMILES string of the molecule is C[C@@H](O)CN(Cc1ccc2c(c1)OCO2)Cc1coc2ccccc2c1=O. The van der Waals surface area contributed by atoms with Gasteiger partial charge in [0.1, 0.15) is 5.58 Å². The van der Waals surface area contributed by atoms with Crippen LogP contribution in [0.1, 0.15) is 18.1 Å². The first-order chi connectivity index (χ1) is 13.1. The highest BCUT2D eigenvalue weighted by molar-refractivity contribution is 5.76. The van der Waals surface area contributed by atoms with Crippen molar-refractivity contribution in [1.29, 1.82) is 0 Å². The molecule has 1 aliphatic heterocycles. The van der Waals surface area contributed by atoms with Crippen LogP contribution in [0.2, 0.25) is 0 Å². The highest BCUT2D eigenvalue weighted by atomic mass is 16.7. The number of rotatable bonds is 6. The molecule has 0 spiro atoms. The molecule has 1 N–H and O–H groups in total. The molecular formula is C21H21NO5. The number of aliphatic hydroxyl groups is 1. The smallest absolute Gasteiger partial charge is 0.231 e. The van der Waals surface area contributed by atoms with E-state index in [0.717, 1.165) is 17.1 Å². The molecule has 0 aliphatic carbocycles. The number of nitrogens with zero attached hydrogens (tertiary/aromatic N) is 1. The van der Waals surface area contributed by atoms with Gasteiger partial charge in [0.2, 0.25) is 6.79 Å². The molecule has 0 saturated carbocycles. The second-order valence-electron chi connectivity index (χ2n) is 6.79. The largest absolute Gasteiger partial charge is 0.464 e. The van der Waals surface area contributed by atoms with Gasteiger partial charge in [0.15, 0.2) is 16.9 Å². The van der Waals surface area contributed by atoms with Crippen molar-refractivity contribution in [3.8, 4) is 11.5 Å². The van der Waals surface area contributed by atoms with Crippen molar-refractivity contribution in [2.24, 2.45) is 0 Å². The van der Waals surface area contributed by atoms with Crippen molar-refractivity contribution in [2.75, 3.05) is 13.3 Å². The standard InChI is InChI=1S/C21H21NO5/c1-14(23)9-22(10-15-6-7-19-20(8-15)27-13-26-19)11-16-12-25-18-5-3-2-4-17(18)21(16)24/h2-8,12,14,23H,9-11,13H2,1H3/t14-/m1/s1. The van der Waals surface area contributed by atoms with E-state index in [1.165, 1.54) is 6.26 Å². The summed E-state index contributed by atoms with van der Waals surface area (Å²) >= 11 is 0. The lowest BCUT2D eigenvalue weighted by Gasteiger charge is -2.23. The minimum atomic E-state index is -0.522. The maximum atomic E-state index is 12.8. The van der Waals surface area contributed by atoms with Crippen LogP contribution >= 0.6 is 0 Å². The zero-order valence-corrected chi connectivity index (χ0v) is 15.1. The Bertz CT molecular complexity index is 1010. The van der Waals surface area contributed by atoms with Gasteiger partial charge in [-0.1, -0.05) is 18.2 Å². The summed E-state index contributed by atoms with van der Waals surface area (Å²) in [5, 5.41) is 10.5. The molecule has 0 unspecified atom stereocenters. The Labute approximate surface area is 156 Å². The Morgan fingerprint density at radius 1 is 1.11 bits per heavy atom. The van der Waals surface area contributed by atoms with Crippen LogP contribution in [-0.2, 0) is 13.1 Å². The topological polar surface area (TPSA) is 72.1 Å². The first-order valence-electron chi connectivity index (χ1n) is 8.88. The fraction of sp³-hybridized carbons (Fsp3) is 0.286. The molecule has 0 bridgehead atoms. The lowest BCUT2D eigenvalue weighted by Crippen LogP contribution is -2.32. The maximum absolute atomic E-state index is 12.8. The highest BCUT2D eigenvalue weighted by Gasteiger charge is 2.17. The van der Waals surface area contributed by atoms with E-state index in [4.69, 9.17) is 13.9 Å². The molecule has 0 fully saturated rings. The summed E-state index contributed by atoms with van der Waals surface area (Å²) in [6.45, 7) is 3.34. The van der Waals surface area contributed by atoms with Crippen molar-refractivity contribution in [1.82, 2.24) is 4.90 Å². The Kier molecular flexibility index (Phi) is 4.83.